The fourth-order valence-electron chi connectivity index (χ4n) is 2.87. The van der Waals surface area contributed by atoms with Crippen molar-refractivity contribution in [2.45, 2.75) is 44.8 Å². The lowest BCUT2D eigenvalue weighted by Crippen LogP contribution is -2.45. The molecule has 0 aromatic carbocycles. The van der Waals surface area contributed by atoms with Crippen LogP contribution in [0.4, 0.5) is 13.2 Å². The zero-order valence-corrected chi connectivity index (χ0v) is 15.5. The molecule has 1 aliphatic rings. The van der Waals surface area contributed by atoms with E-state index in [1.807, 2.05) is 0 Å². The van der Waals surface area contributed by atoms with Crippen LogP contribution in [0.15, 0.2) is 10.4 Å². The summed E-state index contributed by atoms with van der Waals surface area (Å²) < 4.78 is 37.6. The zero-order chi connectivity index (χ0) is 18.3. The van der Waals surface area contributed by atoms with E-state index < -0.39 is 11.9 Å². The molecule has 25 heavy (non-hydrogen) atoms. The second-order valence-electron chi connectivity index (χ2n) is 6.18. The Hall–Kier alpha value is -1.35. The van der Waals surface area contributed by atoms with Gasteiger partial charge in [0.1, 0.15) is 0 Å². The molecule has 0 aliphatic carbocycles. The van der Waals surface area contributed by atoms with Gasteiger partial charge in [-0.05, 0) is 26.3 Å². The Bertz CT molecular complexity index is 558. The molecule has 2 heterocycles. The molecule has 2 rings (SSSR count). The van der Waals surface area contributed by atoms with Crippen LogP contribution in [0.5, 0.6) is 0 Å². The number of piperidine rings is 1. The van der Waals surface area contributed by atoms with Gasteiger partial charge >= 0.3 is 6.18 Å². The van der Waals surface area contributed by atoms with Crippen molar-refractivity contribution in [3.05, 3.63) is 16.1 Å². The van der Waals surface area contributed by atoms with E-state index in [4.69, 9.17) is 0 Å². The second kappa shape index (κ2) is 9.38. The van der Waals surface area contributed by atoms with Gasteiger partial charge in [-0.15, -0.1) is 11.3 Å². The van der Waals surface area contributed by atoms with Crippen LogP contribution >= 0.6 is 11.3 Å². The number of thiazole rings is 1. The van der Waals surface area contributed by atoms with E-state index in [1.165, 1.54) is 19.3 Å². The van der Waals surface area contributed by atoms with Crippen molar-refractivity contribution in [1.29, 1.82) is 0 Å². The maximum absolute atomic E-state index is 12.5. The lowest BCUT2D eigenvalue weighted by molar-refractivity contribution is -0.140. The first-order chi connectivity index (χ1) is 11.9. The van der Waals surface area contributed by atoms with Crippen molar-refractivity contribution < 1.29 is 13.2 Å². The minimum Gasteiger partial charge on any atom is -0.356 e. The Kier molecular flexibility index (Phi) is 7.49. The van der Waals surface area contributed by atoms with Gasteiger partial charge in [-0.25, -0.2) is 4.98 Å². The summed E-state index contributed by atoms with van der Waals surface area (Å²) in [5, 5.41) is 7.90. The third-order valence-corrected chi connectivity index (χ3v) is 5.24. The van der Waals surface area contributed by atoms with E-state index in [1.54, 1.807) is 7.05 Å². The number of alkyl halides is 3. The Labute approximate surface area is 150 Å². The molecule has 5 nitrogen and oxygen atoms in total. The normalized spacial score (nSPS) is 19.9. The van der Waals surface area contributed by atoms with Crippen LogP contribution in [0.25, 0.3) is 0 Å². The van der Waals surface area contributed by atoms with Crippen molar-refractivity contribution >= 4 is 17.3 Å². The molecular formula is C16H26F3N5S. The van der Waals surface area contributed by atoms with Gasteiger partial charge in [0.2, 0.25) is 0 Å². The zero-order valence-electron chi connectivity index (χ0n) is 14.7. The summed E-state index contributed by atoms with van der Waals surface area (Å²) in [4.78, 5) is 10.2. The topological polar surface area (TPSA) is 52.6 Å². The van der Waals surface area contributed by atoms with E-state index in [2.05, 4.69) is 32.4 Å². The largest absolute Gasteiger partial charge is 0.434 e. The molecule has 9 heteroatoms. The highest BCUT2D eigenvalue weighted by Crippen LogP contribution is 2.29. The highest BCUT2D eigenvalue weighted by atomic mass is 32.1. The van der Waals surface area contributed by atoms with E-state index >= 15 is 0 Å². The molecule has 0 amide bonds. The minimum absolute atomic E-state index is 0.435. The van der Waals surface area contributed by atoms with E-state index in [0.717, 1.165) is 36.4 Å². The van der Waals surface area contributed by atoms with Gasteiger partial charge in [0, 0.05) is 44.5 Å². The van der Waals surface area contributed by atoms with E-state index in [0.29, 0.717) is 30.0 Å². The van der Waals surface area contributed by atoms with Crippen LogP contribution in [-0.4, -0.2) is 55.1 Å². The maximum atomic E-state index is 12.5. The fourth-order valence-corrected chi connectivity index (χ4v) is 3.68. The highest BCUT2D eigenvalue weighted by molar-refractivity contribution is 7.09. The van der Waals surface area contributed by atoms with Gasteiger partial charge in [0.05, 0.1) is 5.01 Å². The van der Waals surface area contributed by atoms with Crippen molar-refractivity contribution in [3.63, 3.8) is 0 Å². The standard InChI is InChI=1S/C16H26F3N5S/c1-12-5-3-4-9-24(12)10-8-22-15(20-2)21-7-6-14-23-13(11-25-14)16(17,18)19/h11-12H,3-10H2,1-2H3,(H2,20,21,22). The smallest absolute Gasteiger partial charge is 0.356 e. The van der Waals surface area contributed by atoms with Crippen LogP contribution in [0, 0.1) is 0 Å². The first-order valence-corrected chi connectivity index (χ1v) is 9.48. The molecule has 0 spiro atoms. The number of hydrogen-bond acceptors (Lipinski definition) is 4. The number of likely N-dealkylation sites (tertiary alicyclic amines) is 1. The molecule has 0 saturated carbocycles. The number of aromatic nitrogens is 1. The van der Waals surface area contributed by atoms with Crippen molar-refractivity contribution in [2.75, 3.05) is 33.2 Å². The maximum Gasteiger partial charge on any atom is 0.434 e. The van der Waals surface area contributed by atoms with E-state index in [-0.39, 0.29) is 0 Å². The molecule has 1 aliphatic heterocycles. The molecular weight excluding hydrogens is 351 g/mol. The van der Waals surface area contributed by atoms with Gasteiger partial charge < -0.3 is 10.6 Å². The Morgan fingerprint density at radius 3 is 2.76 bits per heavy atom. The highest BCUT2D eigenvalue weighted by Gasteiger charge is 2.33. The monoisotopic (exact) mass is 377 g/mol. The van der Waals surface area contributed by atoms with Crippen molar-refractivity contribution in [3.8, 4) is 0 Å². The van der Waals surface area contributed by atoms with Crippen LogP contribution < -0.4 is 10.6 Å². The molecule has 1 unspecified atom stereocenters. The molecule has 0 bridgehead atoms. The summed E-state index contributed by atoms with van der Waals surface area (Å²) in [5.41, 5.74) is -0.814. The van der Waals surface area contributed by atoms with Gasteiger partial charge in [0.15, 0.2) is 11.7 Å². The predicted octanol–water partition coefficient (Wildman–Crippen LogP) is 2.74. The third kappa shape index (κ3) is 6.47. The van der Waals surface area contributed by atoms with Crippen LogP contribution in [0.3, 0.4) is 0 Å². The summed E-state index contributed by atoms with van der Waals surface area (Å²) in [7, 11) is 1.68. The Balaban J connectivity index is 1.67. The first kappa shape index (κ1) is 20.0. The molecule has 1 atom stereocenters. The number of guanidine groups is 1. The molecule has 1 fully saturated rings. The molecule has 1 aromatic heterocycles. The van der Waals surface area contributed by atoms with Crippen LogP contribution in [0.1, 0.15) is 36.9 Å². The Morgan fingerprint density at radius 2 is 2.12 bits per heavy atom. The minimum atomic E-state index is -4.37. The SMILES string of the molecule is CN=C(NCCc1nc(C(F)(F)F)cs1)NCCN1CCCCC1C. The average Bonchev–Trinajstić information content (AvgIpc) is 3.04. The molecule has 2 N–H and O–H groups in total. The lowest BCUT2D eigenvalue weighted by Gasteiger charge is -2.33. The number of nitrogens with one attached hydrogen (secondary N) is 2. The molecule has 1 aromatic rings. The average molecular weight is 377 g/mol. The number of aliphatic imine (C=N–C) groups is 1. The quantitative estimate of drug-likeness (QED) is 0.591. The van der Waals surface area contributed by atoms with Gasteiger partial charge in [-0.3, -0.25) is 9.89 Å². The number of rotatable bonds is 6. The first-order valence-electron chi connectivity index (χ1n) is 8.60. The van der Waals surface area contributed by atoms with Crippen molar-refractivity contribution in [2.24, 2.45) is 4.99 Å². The summed E-state index contributed by atoms with van der Waals surface area (Å²) in [6.07, 6.45) is -0.122. The number of nitrogens with zero attached hydrogens (tertiary/aromatic N) is 3. The molecule has 142 valence electrons. The Morgan fingerprint density at radius 1 is 1.36 bits per heavy atom. The summed E-state index contributed by atoms with van der Waals surface area (Å²) >= 11 is 1.03. The third-order valence-electron chi connectivity index (χ3n) is 4.33. The summed E-state index contributed by atoms with van der Waals surface area (Å²) in [6, 6.07) is 0.623. The number of halogens is 3. The van der Waals surface area contributed by atoms with E-state index in [9.17, 15) is 13.2 Å². The summed E-state index contributed by atoms with van der Waals surface area (Å²) in [5.74, 6) is 0.664. The fraction of sp³-hybridized carbons (Fsp3) is 0.750. The van der Waals surface area contributed by atoms with Crippen molar-refractivity contribution in [1.82, 2.24) is 20.5 Å². The number of hydrogen-bond donors (Lipinski definition) is 2. The molecule has 0 radical (unpaired) electrons. The summed E-state index contributed by atoms with van der Waals surface area (Å²) in [6.45, 7) is 5.64. The second-order valence-corrected chi connectivity index (χ2v) is 7.12. The van der Waals surface area contributed by atoms with Gasteiger partial charge in [-0.1, -0.05) is 6.42 Å². The van der Waals surface area contributed by atoms with Crippen LogP contribution in [0.2, 0.25) is 0 Å². The lowest BCUT2D eigenvalue weighted by atomic mass is 10.0. The molecule has 1 saturated heterocycles. The van der Waals surface area contributed by atoms with Gasteiger partial charge in [0.25, 0.3) is 0 Å². The predicted molar refractivity (Wildman–Crippen MR) is 95.1 cm³/mol. The van der Waals surface area contributed by atoms with Crippen LogP contribution in [-0.2, 0) is 12.6 Å². The van der Waals surface area contributed by atoms with Gasteiger partial charge in [-0.2, -0.15) is 13.2 Å².